The number of benzene rings is 5. The van der Waals surface area contributed by atoms with E-state index in [0.717, 1.165) is 70.4 Å². The molecule has 6 rings (SSSR count). The maximum Gasteiger partial charge on any atom is 0.123 e. The first-order chi connectivity index (χ1) is 22.8. The summed E-state index contributed by atoms with van der Waals surface area (Å²) in [6.07, 6.45) is 0. The summed E-state index contributed by atoms with van der Waals surface area (Å²) in [6.45, 7) is 9.10. The Kier molecular flexibility index (Phi) is 11.5. The molecule has 0 aromatic heterocycles. The fraction of sp³-hybridized carbons (Fsp3) is 0.268. The Morgan fingerprint density at radius 1 is 0.370 bits per heavy atom. The second kappa shape index (κ2) is 16.8. The minimum atomic E-state index is 0.489. The van der Waals surface area contributed by atoms with E-state index in [1.165, 1.54) is 27.8 Å². The van der Waals surface area contributed by atoms with E-state index in [9.17, 15) is 0 Å². The zero-order valence-corrected chi connectivity index (χ0v) is 26.7. The topological polar surface area (TPSA) is 28.2 Å². The normalized spacial score (nSPS) is 15.9. The van der Waals surface area contributed by atoms with Gasteiger partial charge in [-0.3, -0.25) is 14.7 Å². The Labute approximate surface area is 274 Å². The molecule has 5 nitrogen and oxygen atoms in total. The van der Waals surface area contributed by atoms with Crippen molar-refractivity contribution in [2.24, 2.45) is 0 Å². The van der Waals surface area contributed by atoms with Gasteiger partial charge >= 0.3 is 0 Å². The van der Waals surface area contributed by atoms with E-state index in [0.29, 0.717) is 13.2 Å². The van der Waals surface area contributed by atoms with Crippen LogP contribution in [0.15, 0.2) is 140 Å². The van der Waals surface area contributed by atoms with Crippen molar-refractivity contribution in [3.05, 3.63) is 167 Å². The van der Waals surface area contributed by atoms with Crippen LogP contribution in [0.2, 0.25) is 0 Å². The number of hydrogen-bond donors (Lipinski definition) is 0. The summed E-state index contributed by atoms with van der Waals surface area (Å²) in [5, 5.41) is 0. The highest BCUT2D eigenvalue weighted by Gasteiger charge is 2.17. The van der Waals surface area contributed by atoms with Crippen LogP contribution in [0.4, 0.5) is 0 Å². The van der Waals surface area contributed by atoms with Crippen LogP contribution in [0.3, 0.4) is 0 Å². The van der Waals surface area contributed by atoms with Gasteiger partial charge in [-0.05, 0) is 28.8 Å². The van der Waals surface area contributed by atoms with Crippen LogP contribution < -0.4 is 9.47 Å². The molecular weight excluding hydrogens is 566 g/mol. The fourth-order valence-electron chi connectivity index (χ4n) is 6.12. The van der Waals surface area contributed by atoms with Gasteiger partial charge in [-0.1, -0.05) is 127 Å². The molecule has 0 aliphatic carbocycles. The molecule has 0 bridgehead atoms. The zero-order chi connectivity index (χ0) is 31.2. The van der Waals surface area contributed by atoms with E-state index in [1.54, 1.807) is 0 Å². The molecular formula is C41H45N3O2. The summed E-state index contributed by atoms with van der Waals surface area (Å²) in [5.41, 5.74) is 6.39. The van der Waals surface area contributed by atoms with Gasteiger partial charge in [0.1, 0.15) is 24.7 Å². The summed E-state index contributed by atoms with van der Waals surface area (Å²) in [5.74, 6) is 1.86. The first kappa shape index (κ1) is 31.6. The fourth-order valence-corrected chi connectivity index (χ4v) is 6.12. The second-order valence-corrected chi connectivity index (χ2v) is 12.1. The molecule has 0 radical (unpaired) electrons. The zero-order valence-electron chi connectivity index (χ0n) is 26.7. The van der Waals surface area contributed by atoms with Crippen LogP contribution >= 0.6 is 0 Å². The summed E-state index contributed by atoms with van der Waals surface area (Å²) >= 11 is 0. The quantitative estimate of drug-likeness (QED) is 0.197. The maximum atomic E-state index is 6.35. The number of hydrogen-bond acceptors (Lipinski definition) is 5. The van der Waals surface area contributed by atoms with Gasteiger partial charge < -0.3 is 9.47 Å². The van der Waals surface area contributed by atoms with E-state index in [2.05, 4.69) is 154 Å². The molecule has 0 saturated heterocycles. The van der Waals surface area contributed by atoms with Crippen molar-refractivity contribution in [1.82, 2.24) is 14.7 Å². The molecule has 0 saturated carbocycles. The third-order valence-electron chi connectivity index (χ3n) is 8.54. The molecule has 0 unspecified atom stereocenters. The van der Waals surface area contributed by atoms with Crippen molar-refractivity contribution >= 4 is 0 Å². The van der Waals surface area contributed by atoms with Crippen molar-refractivity contribution in [2.45, 2.75) is 32.7 Å². The Bertz CT molecular complexity index is 1500. The number of rotatable bonds is 6. The lowest BCUT2D eigenvalue weighted by molar-refractivity contribution is 0.158. The number of nitrogens with zero attached hydrogens (tertiary/aromatic N) is 3. The Hall–Kier alpha value is -4.42. The molecule has 1 heterocycles. The van der Waals surface area contributed by atoms with Gasteiger partial charge in [-0.15, -0.1) is 0 Å². The average molecular weight is 612 g/mol. The lowest BCUT2D eigenvalue weighted by atomic mass is 10.1. The van der Waals surface area contributed by atoms with Crippen LogP contribution in [0, 0.1) is 0 Å². The third kappa shape index (κ3) is 9.54. The standard InChI is InChI=1S/C41H45N3O2/c1-4-14-35(15-5-1)30-42-24-26-43(31-36-16-6-2-7-17-36)33-38-20-10-12-22-40(38)45-28-29-46-41-23-13-11-21-39(41)34-44(27-25-42)32-37-18-8-3-9-19-37/h1-23H,24-34H2. The largest absolute Gasteiger partial charge is 0.490 e. The van der Waals surface area contributed by atoms with Crippen LogP contribution in [-0.2, 0) is 32.7 Å². The van der Waals surface area contributed by atoms with Crippen LogP contribution in [0.5, 0.6) is 11.5 Å². The molecule has 0 amide bonds. The van der Waals surface area contributed by atoms with Gasteiger partial charge in [-0.2, -0.15) is 0 Å². The van der Waals surface area contributed by atoms with E-state index >= 15 is 0 Å². The van der Waals surface area contributed by atoms with Crippen molar-refractivity contribution in [1.29, 1.82) is 0 Å². The predicted octanol–water partition coefficient (Wildman–Crippen LogP) is 7.66. The van der Waals surface area contributed by atoms with E-state index in [4.69, 9.17) is 9.47 Å². The SMILES string of the molecule is c1ccc(CN2CCN(Cc3ccccc3)Cc3ccccc3OCCOc3ccccc3CN(Cc3ccccc3)CC2)cc1. The first-order valence-corrected chi connectivity index (χ1v) is 16.5. The molecule has 1 aliphatic heterocycles. The van der Waals surface area contributed by atoms with E-state index < -0.39 is 0 Å². The Morgan fingerprint density at radius 3 is 1.11 bits per heavy atom. The molecule has 5 heteroatoms. The average Bonchev–Trinajstić information content (AvgIpc) is 3.10. The first-order valence-electron chi connectivity index (χ1n) is 16.5. The second-order valence-electron chi connectivity index (χ2n) is 12.1. The number of fused-ring (bicyclic) bond motifs is 2. The monoisotopic (exact) mass is 611 g/mol. The van der Waals surface area contributed by atoms with Gasteiger partial charge in [0.05, 0.1) is 0 Å². The predicted molar refractivity (Wildman–Crippen MR) is 187 cm³/mol. The number of ether oxygens (including phenoxy) is 2. The molecule has 0 fully saturated rings. The van der Waals surface area contributed by atoms with Gasteiger partial charge in [0, 0.05) is 70.0 Å². The van der Waals surface area contributed by atoms with Gasteiger partial charge in [0.25, 0.3) is 0 Å². The molecule has 5 aromatic rings. The Morgan fingerprint density at radius 2 is 0.696 bits per heavy atom. The maximum absolute atomic E-state index is 6.35. The Balaban J connectivity index is 1.29. The minimum absolute atomic E-state index is 0.489. The molecule has 0 spiro atoms. The highest BCUT2D eigenvalue weighted by Crippen LogP contribution is 2.24. The smallest absolute Gasteiger partial charge is 0.123 e. The van der Waals surface area contributed by atoms with Crippen LogP contribution in [0.1, 0.15) is 27.8 Å². The summed E-state index contributed by atoms with van der Waals surface area (Å²) in [6, 6.07) is 49.4. The van der Waals surface area contributed by atoms with Crippen molar-refractivity contribution < 1.29 is 9.47 Å². The number of para-hydroxylation sites is 2. The van der Waals surface area contributed by atoms with Crippen LogP contribution in [-0.4, -0.2) is 54.1 Å². The highest BCUT2D eigenvalue weighted by atomic mass is 16.5. The van der Waals surface area contributed by atoms with E-state index in [-0.39, 0.29) is 0 Å². The summed E-state index contributed by atoms with van der Waals surface area (Å²) < 4.78 is 12.7. The van der Waals surface area contributed by atoms with Gasteiger partial charge in [0.15, 0.2) is 0 Å². The van der Waals surface area contributed by atoms with E-state index in [1.807, 2.05) is 0 Å². The molecule has 46 heavy (non-hydrogen) atoms. The summed E-state index contributed by atoms with van der Waals surface area (Å²) in [7, 11) is 0. The molecule has 5 aromatic carbocycles. The lowest BCUT2D eigenvalue weighted by Gasteiger charge is -2.31. The lowest BCUT2D eigenvalue weighted by Crippen LogP contribution is -2.39. The molecule has 0 atom stereocenters. The van der Waals surface area contributed by atoms with Crippen molar-refractivity contribution in [2.75, 3.05) is 39.4 Å². The summed E-state index contributed by atoms with van der Waals surface area (Å²) in [4.78, 5) is 7.73. The minimum Gasteiger partial charge on any atom is -0.490 e. The molecule has 1 aliphatic rings. The van der Waals surface area contributed by atoms with Gasteiger partial charge in [0.2, 0.25) is 0 Å². The molecule has 236 valence electrons. The highest BCUT2D eigenvalue weighted by molar-refractivity contribution is 5.35. The third-order valence-corrected chi connectivity index (χ3v) is 8.54. The van der Waals surface area contributed by atoms with Crippen molar-refractivity contribution in [3.8, 4) is 11.5 Å². The molecule has 0 N–H and O–H groups in total. The van der Waals surface area contributed by atoms with Crippen molar-refractivity contribution in [3.63, 3.8) is 0 Å². The van der Waals surface area contributed by atoms with Crippen LogP contribution in [0.25, 0.3) is 0 Å². The van der Waals surface area contributed by atoms with Gasteiger partial charge in [-0.25, -0.2) is 0 Å².